The molecule has 128 valence electrons. The highest BCUT2D eigenvalue weighted by atomic mass is 32.1. The van der Waals surface area contributed by atoms with Gasteiger partial charge in [0.25, 0.3) is 5.91 Å². The number of aliphatic carboxylic acids is 1. The molecule has 8 nitrogen and oxygen atoms in total. The van der Waals surface area contributed by atoms with Crippen molar-refractivity contribution in [3.05, 3.63) is 35.6 Å². The number of aryl methyl sites for hydroxylation is 2. The van der Waals surface area contributed by atoms with Gasteiger partial charge >= 0.3 is 5.97 Å². The van der Waals surface area contributed by atoms with Crippen molar-refractivity contribution in [1.29, 1.82) is 0 Å². The van der Waals surface area contributed by atoms with Gasteiger partial charge in [0.05, 0.1) is 25.1 Å². The second kappa shape index (κ2) is 7.84. The van der Waals surface area contributed by atoms with Crippen LogP contribution in [-0.4, -0.2) is 51.0 Å². The molecular formula is C15H18N4O4S. The van der Waals surface area contributed by atoms with Gasteiger partial charge in [-0.3, -0.25) is 9.48 Å². The first-order valence-corrected chi connectivity index (χ1v) is 7.92. The molecule has 0 bridgehead atoms. The first-order chi connectivity index (χ1) is 11.4. The zero-order chi connectivity index (χ0) is 17.7. The van der Waals surface area contributed by atoms with Gasteiger partial charge in [-0.2, -0.15) is 5.10 Å². The van der Waals surface area contributed by atoms with Crippen LogP contribution >= 0.6 is 11.3 Å². The summed E-state index contributed by atoms with van der Waals surface area (Å²) in [6, 6.07) is -1.14. The molecule has 24 heavy (non-hydrogen) atoms. The monoisotopic (exact) mass is 350 g/mol. The van der Waals surface area contributed by atoms with Crippen molar-refractivity contribution in [2.75, 3.05) is 13.2 Å². The van der Waals surface area contributed by atoms with E-state index < -0.39 is 17.9 Å². The molecule has 1 unspecified atom stereocenters. The van der Waals surface area contributed by atoms with Crippen LogP contribution < -0.4 is 5.32 Å². The predicted octanol–water partition coefficient (Wildman–Crippen LogP) is 1.24. The quantitative estimate of drug-likeness (QED) is 0.548. The molecule has 1 amide bonds. The Labute approximate surface area is 142 Å². The van der Waals surface area contributed by atoms with Gasteiger partial charge in [0.2, 0.25) is 0 Å². The van der Waals surface area contributed by atoms with Crippen LogP contribution in [0.25, 0.3) is 10.6 Å². The van der Waals surface area contributed by atoms with Gasteiger partial charge in [-0.1, -0.05) is 6.08 Å². The average Bonchev–Trinajstić information content (AvgIpc) is 3.12. The molecule has 0 saturated carbocycles. The van der Waals surface area contributed by atoms with Gasteiger partial charge in [0, 0.05) is 18.8 Å². The third-order valence-corrected chi connectivity index (χ3v) is 4.28. The lowest BCUT2D eigenvalue weighted by molar-refractivity contribution is -0.140. The molecule has 0 aromatic carbocycles. The van der Waals surface area contributed by atoms with E-state index in [-0.39, 0.29) is 13.2 Å². The second-order valence-corrected chi connectivity index (χ2v) is 6.03. The maximum Gasteiger partial charge on any atom is 0.328 e. The lowest BCUT2D eigenvalue weighted by Crippen LogP contribution is -2.44. The molecule has 1 atom stereocenters. The number of carboxylic acid groups (broad SMARTS) is 1. The predicted molar refractivity (Wildman–Crippen MR) is 89.0 cm³/mol. The van der Waals surface area contributed by atoms with Crippen molar-refractivity contribution in [1.82, 2.24) is 20.1 Å². The number of hydrogen-bond acceptors (Lipinski definition) is 6. The first kappa shape index (κ1) is 17.8. The number of hydrogen-bond donors (Lipinski definition) is 2. The highest BCUT2D eigenvalue weighted by Crippen LogP contribution is 2.27. The minimum Gasteiger partial charge on any atom is -0.480 e. The van der Waals surface area contributed by atoms with E-state index in [4.69, 9.17) is 4.74 Å². The third kappa shape index (κ3) is 4.27. The fourth-order valence-electron chi connectivity index (χ4n) is 1.93. The summed E-state index contributed by atoms with van der Waals surface area (Å²) in [7, 11) is 1.79. The van der Waals surface area contributed by atoms with Crippen molar-refractivity contribution in [2.24, 2.45) is 7.05 Å². The molecule has 2 heterocycles. The van der Waals surface area contributed by atoms with Gasteiger partial charge in [0.1, 0.15) is 9.88 Å². The number of ether oxygens (including phenoxy) is 1. The Morgan fingerprint density at radius 2 is 2.33 bits per heavy atom. The standard InChI is InChI=1S/C15H18N4O4S/c1-4-5-23-8-11(15(21)22)18-13(20)12-9(2)17-14(24-12)10-6-16-19(3)7-10/h4,6-7,11H,1,5,8H2,2-3H3,(H,18,20)(H,21,22). The lowest BCUT2D eigenvalue weighted by Gasteiger charge is -2.13. The van der Waals surface area contributed by atoms with E-state index in [0.29, 0.717) is 15.6 Å². The van der Waals surface area contributed by atoms with Crippen LogP contribution in [-0.2, 0) is 16.6 Å². The molecule has 2 aromatic heterocycles. The minimum atomic E-state index is -1.16. The van der Waals surface area contributed by atoms with Crippen LogP contribution in [0, 0.1) is 6.92 Å². The Morgan fingerprint density at radius 3 is 2.92 bits per heavy atom. The van der Waals surface area contributed by atoms with Crippen molar-refractivity contribution >= 4 is 23.2 Å². The number of thiazole rings is 1. The van der Waals surface area contributed by atoms with Gasteiger partial charge in [-0.05, 0) is 6.92 Å². The number of rotatable bonds is 8. The summed E-state index contributed by atoms with van der Waals surface area (Å²) in [4.78, 5) is 28.3. The Bertz CT molecular complexity index is 752. The molecule has 2 rings (SSSR count). The first-order valence-electron chi connectivity index (χ1n) is 7.11. The summed E-state index contributed by atoms with van der Waals surface area (Å²) in [5, 5.41) is 16.4. The molecule has 2 aromatic rings. The topological polar surface area (TPSA) is 106 Å². The number of carboxylic acids is 1. The molecule has 0 saturated heterocycles. The van der Waals surface area contributed by atoms with E-state index >= 15 is 0 Å². The normalized spacial score (nSPS) is 11.9. The summed E-state index contributed by atoms with van der Waals surface area (Å²) in [6.45, 7) is 5.26. The summed E-state index contributed by atoms with van der Waals surface area (Å²) in [5.41, 5.74) is 1.33. The van der Waals surface area contributed by atoms with E-state index in [9.17, 15) is 14.7 Å². The number of aromatic nitrogens is 3. The van der Waals surface area contributed by atoms with Crippen molar-refractivity contribution in [2.45, 2.75) is 13.0 Å². The zero-order valence-corrected chi connectivity index (χ0v) is 14.2. The van der Waals surface area contributed by atoms with Crippen LogP contribution in [0.5, 0.6) is 0 Å². The zero-order valence-electron chi connectivity index (χ0n) is 13.4. The maximum absolute atomic E-state index is 12.4. The highest BCUT2D eigenvalue weighted by Gasteiger charge is 2.24. The van der Waals surface area contributed by atoms with Crippen molar-refractivity contribution < 1.29 is 19.4 Å². The Balaban J connectivity index is 2.12. The summed E-state index contributed by atoms with van der Waals surface area (Å²) < 4.78 is 6.76. The minimum absolute atomic E-state index is 0.138. The number of amides is 1. The molecule has 0 aliphatic carbocycles. The molecule has 0 spiro atoms. The number of nitrogens with one attached hydrogen (secondary N) is 1. The molecule has 9 heteroatoms. The number of carbonyl (C=O) groups is 2. The van der Waals surface area contributed by atoms with Crippen molar-refractivity contribution in [3.63, 3.8) is 0 Å². The van der Waals surface area contributed by atoms with Gasteiger partial charge in [0.15, 0.2) is 6.04 Å². The number of carbonyl (C=O) groups excluding carboxylic acids is 1. The largest absolute Gasteiger partial charge is 0.480 e. The van der Waals surface area contributed by atoms with E-state index in [0.717, 1.165) is 5.56 Å². The molecule has 0 radical (unpaired) electrons. The van der Waals surface area contributed by atoms with Crippen LogP contribution in [0.1, 0.15) is 15.4 Å². The summed E-state index contributed by atoms with van der Waals surface area (Å²) >= 11 is 1.19. The lowest BCUT2D eigenvalue weighted by atomic mass is 10.3. The van der Waals surface area contributed by atoms with Crippen LogP contribution in [0.3, 0.4) is 0 Å². The Kier molecular flexibility index (Phi) is 5.83. The van der Waals surface area contributed by atoms with Gasteiger partial charge in [-0.15, -0.1) is 17.9 Å². The SMILES string of the molecule is C=CCOCC(NC(=O)c1sc(-c2cnn(C)c2)nc1C)C(=O)O. The molecular weight excluding hydrogens is 332 g/mol. The van der Waals surface area contributed by atoms with E-state index in [1.807, 2.05) is 0 Å². The third-order valence-electron chi connectivity index (χ3n) is 3.08. The van der Waals surface area contributed by atoms with E-state index in [2.05, 4.69) is 22.0 Å². The molecule has 2 N–H and O–H groups in total. The van der Waals surface area contributed by atoms with Crippen LogP contribution in [0.4, 0.5) is 0 Å². The van der Waals surface area contributed by atoms with Crippen LogP contribution in [0.15, 0.2) is 25.0 Å². The van der Waals surface area contributed by atoms with Crippen molar-refractivity contribution in [3.8, 4) is 10.6 Å². The highest BCUT2D eigenvalue weighted by molar-refractivity contribution is 7.17. The average molecular weight is 350 g/mol. The molecule has 0 aliphatic rings. The van der Waals surface area contributed by atoms with Gasteiger partial charge in [-0.25, -0.2) is 9.78 Å². The molecule has 0 aliphatic heterocycles. The Hall–Kier alpha value is -2.52. The summed E-state index contributed by atoms with van der Waals surface area (Å²) in [5.74, 6) is -1.66. The Morgan fingerprint density at radius 1 is 1.58 bits per heavy atom. The van der Waals surface area contributed by atoms with E-state index in [1.165, 1.54) is 17.4 Å². The van der Waals surface area contributed by atoms with E-state index in [1.54, 1.807) is 31.0 Å². The smallest absolute Gasteiger partial charge is 0.328 e. The van der Waals surface area contributed by atoms with Crippen LogP contribution in [0.2, 0.25) is 0 Å². The molecule has 0 fully saturated rings. The number of nitrogens with zero attached hydrogens (tertiary/aromatic N) is 3. The maximum atomic E-state index is 12.4. The fraction of sp³-hybridized carbons (Fsp3) is 0.333. The fourth-order valence-corrected chi connectivity index (χ4v) is 2.87. The van der Waals surface area contributed by atoms with Gasteiger partial charge < -0.3 is 15.2 Å². The second-order valence-electron chi connectivity index (χ2n) is 5.03. The summed E-state index contributed by atoms with van der Waals surface area (Å²) in [6.07, 6.45) is 4.96.